The zero-order valence-electron chi connectivity index (χ0n) is 19.5. The molecule has 2 aromatic heterocycles. The number of benzene rings is 2. The lowest BCUT2D eigenvalue weighted by Gasteiger charge is -2.27. The van der Waals surface area contributed by atoms with E-state index in [2.05, 4.69) is 31.2 Å². The molecule has 3 atom stereocenters. The van der Waals surface area contributed by atoms with Gasteiger partial charge in [-0.15, -0.1) is 0 Å². The maximum absolute atomic E-state index is 14.4. The number of rotatable bonds is 4. The Kier molecular flexibility index (Phi) is 5.60. The molecule has 1 aliphatic carbocycles. The maximum Gasteiger partial charge on any atom is 0.416 e. The van der Waals surface area contributed by atoms with E-state index in [1.807, 2.05) is 0 Å². The fourth-order valence-electron chi connectivity index (χ4n) is 5.36. The van der Waals surface area contributed by atoms with Gasteiger partial charge in [0.2, 0.25) is 11.8 Å². The summed E-state index contributed by atoms with van der Waals surface area (Å²) in [4.78, 5) is 36.4. The van der Waals surface area contributed by atoms with Crippen LogP contribution in [0, 0.1) is 11.7 Å². The Bertz CT molecular complexity index is 1640. The van der Waals surface area contributed by atoms with E-state index >= 15 is 0 Å². The van der Waals surface area contributed by atoms with Crippen LogP contribution < -0.4 is 11.1 Å². The first kappa shape index (κ1) is 24.6. The van der Waals surface area contributed by atoms with E-state index in [1.165, 1.54) is 34.0 Å². The summed E-state index contributed by atoms with van der Waals surface area (Å²) in [7, 11) is 0. The van der Waals surface area contributed by atoms with Crippen molar-refractivity contribution in [1.29, 1.82) is 0 Å². The van der Waals surface area contributed by atoms with Gasteiger partial charge in [0.15, 0.2) is 5.82 Å². The molecule has 1 saturated carbocycles. The summed E-state index contributed by atoms with van der Waals surface area (Å²) in [5, 5.41) is 2.96. The smallest absolute Gasteiger partial charge is 0.383 e. The topological polar surface area (TPSA) is 106 Å². The van der Waals surface area contributed by atoms with E-state index in [-0.39, 0.29) is 50.9 Å². The molecule has 2 aromatic carbocycles. The highest BCUT2D eigenvalue weighted by Crippen LogP contribution is 2.48. The number of nitrogens with two attached hydrogens (primary N) is 1. The largest absolute Gasteiger partial charge is 0.416 e. The van der Waals surface area contributed by atoms with Crippen molar-refractivity contribution in [2.45, 2.75) is 37.6 Å². The van der Waals surface area contributed by atoms with Crippen LogP contribution in [0.15, 0.2) is 47.2 Å². The number of nitrogens with one attached hydrogen (secondary N) is 1. The van der Waals surface area contributed by atoms with Crippen LogP contribution in [-0.4, -0.2) is 43.3 Å². The van der Waals surface area contributed by atoms with Gasteiger partial charge in [-0.1, -0.05) is 6.07 Å². The van der Waals surface area contributed by atoms with Crippen LogP contribution >= 0.6 is 15.9 Å². The van der Waals surface area contributed by atoms with Gasteiger partial charge >= 0.3 is 6.18 Å². The third kappa shape index (κ3) is 3.96. The predicted octanol–water partition coefficient (Wildman–Crippen LogP) is 4.72. The average Bonchev–Trinajstić information content (AvgIpc) is 3.41. The van der Waals surface area contributed by atoms with E-state index in [1.54, 1.807) is 6.07 Å². The molecular weight excluding hydrogens is 572 g/mol. The lowest BCUT2D eigenvalue weighted by atomic mass is 10.1. The normalized spacial score (nSPS) is 20.7. The molecular formula is C25H19BrF4N6O2. The molecule has 38 heavy (non-hydrogen) atoms. The minimum Gasteiger partial charge on any atom is -0.383 e. The Morgan fingerprint density at radius 1 is 1.16 bits per heavy atom. The first-order chi connectivity index (χ1) is 18.0. The molecule has 0 spiro atoms. The van der Waals surface area contributed by atoms with Crippen LogP contribution in [0.5, 0.6) is 0 Å². The Hall–Kier alpha value is -3.74. The first-order valence-electron chi connectivity index (χ1n) is 11.7. The van der Waals surface area contributed by atoms with E-state index in [0.717, 1.165) is 18.6 Å². The van der Waals surface area contributed by atoms with E-state index in [9.17, 15) is 27.2 Å². The number of hydrogen-bond donors (Lipinski definition) is 2. The highest BCUT2D eigenvalue weighted by atomic mass is 79.9. The van der Waals surface area contributed by atoms with Gasteiger partial charge in [-0.05, 0) is 65.0 Å². The summed E-state index contributed by atoms with van der Waals surface area (Å²) < 4.78 is 56.4. The number of piperidine rings is 1. The lowest BCUT2D eigenvalue weighted by Crippen LogP contribution is -2.46. The number of nitrogens with zero attached hydrogens (tertiary/aromatic N) is 4. The van der Waals surface area contributed by atoms with Gasteiger partial charge in [0.1, 0.15) is 30.4 Å². The lowest BCUT2D eigenvalue weighted by molar-refractivity contribution is -0.138. The van der Waals surface area contributed by atoms with E-state index in [4.69, 9.17) is 5.73 Å². The van der Waals surface area contributed by atoms with Crippen LogP contribution in [-0.2, 0) is 22.3 Å². The monoisotopic (exact) mass is 590 g/mol. The van der Waals surface area contributed by atoms with Gasteiger partial charge in [-0.3, -0.25) is 9.59 Å². The van der Waals surface area contributed by atoms with Gasteiger partial charge in [-0.2, -0.15) is 13.2 Å². The number of nitrogen functional groups attached to an aromatic ring is 1. The minimum atomic E-state index is -4.58. The Morgan fingerprint density at radius 2 is 1.95 bits per heavy atom. The van der Waals surface area contributed by atoms with Crippen molar-refractivity contribution in [2.75, 3.05) is 11.1 Å². The van der Waals surface area contributed by atoms with Gasteiger partial charge in [0.25, 0.3) is 0 Å². The second-order valence-electron chi connectivity index (χ2n) is 9.48. The third-order valence-electron chi connectivity index (χ3n) is 7.19. The van der Waals surface area contributed by atoms with Gasteiger partial charge in [0, 0.05) is 11.4 Å². The molecule has 3 N–H and O–H groups in total. The van der Waals surface area contributed by atoms with Gasteiger partial charge < -0.3 is 20.5 Å². The predicted molar refractivity (Wildman–Crippen MR) is 134 cm³/mol. The molecule has 0 bridgehead atoms. The number of carbonyl (C=O) groups is 2. The molecule has 3 heterocycles. The summed E-state index contributed by atoms with van der Waals surface area (Å²) in [6.07, 6.45) is -2.21. The zero-order valence-corrected chi connectivity index (χ0v) is 21.1. The number of likely N-dealkylation sites (tertiary alicyclic amines) is 1. The van der Waals surface area contributed by atoms with Crippen LogP contribution in [0.2, 0.25) is 0 Å². The molecule has 2 fully saturated rings. The number of aromatic nitrogens is 3. The van der Waals surface area contributed by atoms with Crippen molar-refractivity contribution in [3.05, 3.63) is 58.6 Å². The van der Waals surface area contributed by atoms with Crippen LogP contribution in [0.4, 0.5) is 29.1 Å². The minimum absolute atomic E-state index is 0.00705. The van der Waals surface area contributed by atoms with Crippen molar-refractivity contribution in [3.8, 4) is 0 Å². The van der Waals surface area contributed by atoms with Crippen LogP contribution in [0.1, 0.15) is 18.4 Å². The summed E-state index contributed by atoms with van der Waals surface area (Å²) in [5.41, 5.74) is 5.68. The highest BCUT2D eigenvalue weighted by Gasteiger charge is 2.56. The average molecular weight is 591 g/mol. The molecule has 1 saturated heterocycles. The second-order valence-corrected chi connectivity index (χ2v) is 10.3. The maximum atomic E-state index is 14.4. The first-order valence-corrected chi connectivity index (χ1v) is 12.5. The molecule has 2 amide bonds. The molecule has 6 rings (SSSR count). The number of halogens is 5. The number of amides is 2. The van der Waals surface area contributed by atoms with Crippen molar-refractivity contribution in [2.24, 2.45) is 5.92 Å². The Morgan fingerprint density at radius 3 is 2.71 bits per heavy atom. The summed E-state index contributed by atoms with van der Waals surface area (Å²) in [6.45, 7) is -0.278. The quantitative estimate of drug-likeness (QED) is 0.335. The van der Waals surface area contributed by atoms with Gasteiger partial charge in [-0.25, -0.2) is 14.4 Å². The molecule has 13 heteroatoms. The number of alkyl halides is 3. The fraction of sp³-hybridized carbons (Fsp3) is 0.280. The summed E-state index contributed by atoms with van der Waals surface area (Å²) in [5.74, 6) is -1.38. The standard InChI is InChI=1S/C25H19BrF4N6O2/c26-14-2-1-3-15(21(14)27)34-24(38)18-7-11-6-17(11)36(18)19(37)9-35-16-5-4-12(25(28,29)30)8-13(16)20-22(31)32-10-33-23(20)35/h1-5,8,10-11,17-18H,6-7,9H2,(H,34,38)(H2,31,32,33)/t11-,17?,18+/m1/s1. The molecule has 1 unspecified atom stereocenters. The number of fused-ring (bicyclic) bond motifs is 4. The van der Waals surface area contributed by atoms with E-state index in [0.29, 0.717) is 11.9 Å². The SMILES string of the molecule is Nc1ncnc2c1c1cc(C(F)(F)F)ccc1n2CC(=O)N1C2C[C@@H]2C[C@H]1C(=O)Nc1cccc(Br)c1F. The van der Waals surface area contributed by atoms with Crippen molar-refractivity contribution < 1.29 is 27.2 Å². The van der Waals surface area contributed by atoms with Crippen LogP contribution in [0.3, 0.4) is 0 Å². The Balaban J connectivity index is 1.34. The van der Waals surface area contributed by atoms with Crippen molar-refractivity contribution in [1.82, 2.24) is 19.4 Å². The molecule has 0 radical (unpaired) electrons. The highest BCUT2D eigenvalue weighted by molar-refractivity contribution is 9.10. The number of anilines is 2. The second kappa shape index (κ2) is 8.65. The molecule has 2 aliphatic rings. The third-order valence-corrected chi connectivity index (χ3v) is 7.81. The summed E-state index contributed by atoms with van der Waals surface area (Å²) in [6, 6.07) is 6.75. The Labute approximate surface area is 220 Å². The van der Waals surface area contributed by atoms with E-state index < -0.39 is 35.4 Å². The van der Waals surface area contributed by atoms with Crippen molar-refractivity contribution >= 4 is 61.2 Å². The van der Waals surface area contributed by atoms with Gasteiger partial charge in [0.05, 0.1) is 26.6 Å². The fourth-order valence-corrected chi connectivity index (χ4v) is 5.72. The van der Waals surface area contributed by atoms with Crippen LogP contribution in [0.25, 0.3) is 21.9 Å². The number of hydrogen-bond acceptors (Lipinski definition) is 5. The zero-order chi connectivity index (χ0) is 26.9. The number of carbonyl (C=O) groups excluding carboxylic acids is 2. The molecule has 196 valence electrons. The molecule has 1 aliphatic heterocycles. The molecule has 4 aromatic rings. The molecule has 8 nitrogen and oxygen atoms in total. The van der Waals surface area contributed by atoms with Crippen molar-refractivity contribution in [3.63, 3.8) is 0 Å². The summed E-state index contributed by atoms with van der Waals surface area (Å²) >= 11 is 3.09.